The van der Waals surface area contributed by atoms with Crippen LogP contribution in [-0.4, -0.2) is 26.0 Å². The fourth-order valence-corrected chi connectivity index (χ4v) is 4.28. The topological polar surface area (TPSA) is 84.2 Å². The van der Waals surface area contributed by atoms with Crippen molar-refractivity contribution in [3.8, 4) is 23.0 Å². The van der Waals surface area contributed by atoms with Crippen LogP contribution in [0.5, 0.6) is 23.0 Å². The first-order chi connectivity index (χ1) is 16.9. The molecule has 0 spiro atoms. The van der Waals surface area contributed by atoms with E-state index in [0.29, 0.717) is 39.5 Å². The van der Waals surface area contributed by atoms with E-state index in [4.69, 9.17) is 23.4 Å². The van der Waals surface area contributed by atoms with E-state index in [-0.39, 0.29) is 23.1 Å². The Hall–Kier alpha value is -4.04. The Labute approximate surface area is 209 Å². The number of halogens is 1. The minimum atomic E-state index is -0.651. The Bertz CT molecular complexity index is 1530. The number of rotatable bonds is 5. The number of carbonyl (C=O) groups is 2. The molecule has 35 heavy (non-hydrogen) atoms. The van der Waals surface area contributed by atoms with Crippen molar-refractivity contribution in [1.82, 2.24) is 0 Å². The predicted octanol–water partition coefficient (Wildman–Crippen LogP) is 6.36. The number of methoxy groups -OCH3 is 2. The van der Waals surface area contributed by atoms with Gasteiger partial charge in [-0.2, -0.15) is 0 Å². The molecule has 0 atom stereocenters. The van der Waals surface area contributed by atoms with Crippen LogP contribution in [0.25, 0.3) is 17.0 Å². The average Bonchev–Trinajstić information content (AvgIpc) is 3.39. The molecule has 4 aromatic rings. The van der Waals surface area contributed by atoms with Crippen LogP contribution in [0.2, 0.25) is 0 Å². The quantitative estimate of drug-likeness (QED) is 0.167. The summed E-state index contributed by atoms with van der Waals surface area (Å²) in [5.41, 5.74) is 2.33. The molecule has 3 aromatic carbocycles. The highest BCUT2D eigenvalue weighted by atomic mass is 79.9. The monoisotopic (exact) mass is 534 g/mol. The van der Waals surface area contributed by atoms with Crippen LogP contribution in [0, 0.1) is 6.92 Å². The first-order valence-electron chi connectivity index (χ1n) is 10.6. The number of Topliss-reactive ketones (excluding diaryl/α,β-unsaturated/α-hetero) is 1. The molecule has 8 heteroatoms. The van der Waals surface area contributed by atoms with Gasteiger partial charge in [-0.05, 0) is 66.6 Å². The average molecular weight is 535 g/mol. The van der Waals surface area contributed by atoms with Gasteiger partial charge in [-0.15, -0.1) is 0 Å². The van der Waals surface area contributed by atoms with Crippen molar-refractivity contribution in [3.63, 3.8) is 0 Å². The first-order valence-corrected chi connectivity index (χ1v) is 11.4. The first kappa shape index (κ1) is 22.7. The molecule has 5 rings (SSSR count). The van der Waals surface area contributed by atoms with E-state index in [1.165, 1.54) is 6.07 Å². The molecule has 7 nitrogen and oxygen atoms in total. The molecule has 176 valence electrons. The maximum atomic E-state index is 13.0. The third-order valence-electron chi connectivity index (χ3n) is 5.54. The predicted molar refractivity (Wildman–Crippen MR) is 133 cm³/mol. The fraction of sp³-hybridized carbons (Fsp3) is 0.111. The van der Waals surface area contributed by atoms with E-state index in [0.717, 1.165) is 9.86 Å². The summed E-state index contributed by atoms with van der Waals surface area (Å²) in [5, 5.41) is 0.773. The Balaban J connectivity index is 1.40. The Morgan fingerprint density at radius 3 is 2.54 bits per heavy atom. The molecule has 1 aliphatic rings. The number of ketones is 1. The van der Waals surface area contributed by atoms with Crippen molar-refractivity contribution in [2.75, 3.05) is 14.2 Å². The van der Waals surface area contributed by atoms with Crippen molar-refractivity contribution >= 4 is 44.7 Å². The number of allylic oxidation sites excluding steroid dienone is 1. The number of furan rings is 1. The van der Waals surface area contributed by atoms with Crippen LogP contribution in [-0.2, 0) is 0 Å². The summed E-state index contributed by atoms with van der Waals surface area (Å²) in [7, 11) is 3.09. The van der Waals surface area contributed by atoms with E-state index in [1.54, 1.807) is 63.6 Å². The van der Waals surface area contributed by atoms with Crippen LogP contribution in [0.3, 0.4) is 0 Å². The molecule has 0 saturated carbocycles. The lowest BCUT2D eigenvalue weighted by atomic mass is 10.0. The largest absolute Gasteiger partial charge is 0.493 e. The molecule has 0 saturated heterocycles. The number of aryl methyl sites for hydroxylation is 1. The molecule has 2 heterocycles. The second-order valence-corrected chi connectivity index (χ2v) is 8.77. The lowest BCUT2D eigenvalue weighted by Gasteiger charge is -2.08. The summed E-state index contributed by atoms with van der Waals surface area (Å²) in [4.78, 5) is 25.7. The zero-order chi connectivity index (χ0) is 24.7. The minimum Gasteiger partial charge on any atom is -0.493 e. The van der Waals surface area contributed by atoms with Crippen molar-refractivity contribution in [1.29, 1.82) is 0 Å². The van der Waals surface area contributed by atoms with Gasteiger partial charge in [0.25, 0.3) is 0 Å². The van der Waals surface area contributed by atoms with Crippen LogP contribution in [0.15, 0.2) is 69.2 Å². The molecule has 0 aliphatic carbocycles. The van der Waals surface area contributed by atoms with Crippen molar-refractivity contribution in [3.05, 3.63) is 87.3 Å². The Morgan fingerprint density at radius 1 is 0.971 bits per heavy atom. The van der Waals surface area contributed by atoms with E-state index < -0.39 is 5.97 Å². The number of ether oxygens (including phenoxy) is 4. The number of esters is 1. The minimum absolute atomic E-state index is 0.0716. The van der Waals surface area contributed by atoms with Crippen LogP contribution in [0.4, 0.5) is 0 Å². The zero-order valence-corrected chi connectivity index (χ0v) is 20.6. The van der Waals surface area contributed by atoms with Gasteiger partial charge < -0.3 is 23.4 Å². The highest BCUT2D eigenvalue weighted by Crippen LogP contribution is 2.38. The Morgan fingerprint density at radius 2 is 1.77 bits per heavy atom. The number of benzene rings is 3. The van der Waals surface area contributed by atoms with Gasteiger partial charge in [0, 0.05) is 15.9 Å². The molecule has 0 radical (unpaired) electrons. The second kappa shape index (κ2) is 8.96. The zero-order valence-electron chi connectivity index (χ0n) is 19.0. The Kier molecular flexibility index (Phi) is 5.82. The van der Waals surface area contributed by atoms with Gasteiger partial charge in [0.2, 0.25) is 11.5 Å². The highest BCUT2D eigenvalue weighted by Gasteiger charge is 2.30. The van der Waals surface area contributed by atoms with E-state index in [2.05, 4.69) is 15.9 Å². The molecule has 0 fully saturated rings. The van der Waals surface area contributed by atoms with Gasteiger partial charge in [0.1, 0.15) is 17.1 Å². The molecular weight excluding hydrogens is 516 g/mol. The van der Waals surface area contributed by atoms with Gasteiger partial charge in [-0.1, -0.05) is 22.0 Å². The summed E-state index contributed by atoms with van der Waals surface area (Å²) in [6, 6.07) is 15.5. The molecule has 1 aliphatic heterocycles. The summed E-state index contributed by atoms with van der Waals surface area (Å²) in [5.74, 6) is 0.995. The number of hydrogen-bond acceptors (Lipinski definition) is 7. The highest BCUT2D eigenvalue weighted by molar-refractivity contribution is 9.10. The second-order valence-electron chi connectivity index (χ2n) is 7.85. The standard InChI is InChI=1S/C27H19BrO7/c1-14-8-18(33-27(30)24-12-16-11-17(28)5-7-19(16)34-24)13-22-25(14)26(29)23(35-22)10-15-4-6-20(31-2)21(9-15)32-3/h4-13H,1-3H3/b23-10-. The van der Waals surface area contributed by atoms with Crippen LogP contribution in [0.1, 0.15) is 32.0 Å². The summed E-state index contributed by atoms with van der Waals surface area (Å²) in [6.45, 7) is 1.76. The number of fused-ring (bicyclic) bond motifs is 2. The van der Waals surface area contributed by atoms with E-state index >= 15 is 0 Å². The van der Waals surface area contributed by atoms with Gasteiger partial charge in [-0.3, -0.25) is 4.79 Å². The third-order valence-corrected chi connectivity index (χ3v) is 6.03. The third kappa shape index (κ3) is 4.28. The lowest BCUT2D eigenvalue weighted by Crippen LogP contribution is -2.07. The maximum absolute atomic E-state index is 13.0. The van der Waals surface area contributed by atoms with Gasteiger partial charge in [0.15, 0.2) is 17.3 Å². The van der Waals surface area contributed by atoms with Crippen molar-refractivity contribution in [2.45, 2.75) is 6.92 Å². The fourth-order valence-electron chi connectivity index (χ4n) is 3.90. The summed E-state index contributed by atoms with van der Waals surface area (Å²) >= 11 is 3.40. The maximum Gasteiger partial charge on any atom is 0.379 e. The number of carbonyl (C=O) groups excluding carboxylic acids is 2. The van der Waals surface area contributed by atoms with Crippen LogP contribution < -0.4 is 18.9 Å². The number of hydrogen-bond donors (Lipinski definition) is 0. The van der Waals surface area contributed by atoms with Gasteiger partial charge >= 0.3 is 5.97 Å². The molecular formula is C27H19BrO7. The lowest BCUT2D eigenvalue weighted by molar-refractivity contribution is 0.0703. The van der Waals surface area contributed by atoms with E-state index in [9.17, 15) is 9.59 Å². The molecule has 0 amide bonds. The molecule has 1 aromatic heterocycles. The summed E-state index contributed by atoms with van der Waals surface area (Å²) < 4.78 is 28.4. The van der Waals surface area contributed by atoms with Crippen molar-refractivity contribution in [2.24, 2.45) is 0 Å². The van der Waals surface area contributed by atoms with Crippen molar-refractivity contribution < 1.29 is 33.0 Å². The van der Waals surface area contributed by atoms with Gasteiger partial charge in [-0.25, -0.2) is 4.79 Å². The smallest absolute Gasteiger partial charge is 0.379 e. The molecule has 0 N–H and O–H groups in total. The molecule has 0 bridgehead atoms. The molecule has 0 unspecified atom stereocenters. The normalized spacial score (nSPS) is 13.6. The van der Waals surface area contributed by atoms with Gasteiger partial charge in [0.05, 0.1) is 19.8 Å². The summed E-state index contributed by atoms with van der Waals surface area (Å²) in [6.07, 6.45) is 1.63. The van der Waals surface area contributed by atoms with E-state index in [1.807, 2.05) is 12.1 Å². The van der Waals surface area contributed by atoms with Crippen LogP contribution >= 0.6 is 15.9 Å². The SMILES string of the molecule is COc1ccc(/C=C2\Oc3cc(OC(=O)c4cc5cc(Br)ccc5o4)cc(C)c3C2=O)cc1OC.